The smallest absolute Gasteiger partial charge is 0.236 e. The van der Waals surface area contributed by atoms with E-state index in [2.05, 4.69) is 25.8 Å². The molecule has 2 N–H and O–H groups in total. The zero-order chi connectivity index (χ0) is 21.8. The lowest BCUT2D eigenvalue weighted by molar-refractivity contribution is -0.134. The van der Waals surface area contributed by atoms with Crippen molar-refractivity contribution >= 4 is 70.8 Å². The first kappa shape index (κ1) is 28.3. The van der Waals surface area contributed by atoms with Gasteiger partial charge in [0.2, 0.25) is 5.91 Å². The minimum atomic E-state index is -0.173. The Bertz CT molecular complexity index is 905. The van der Waals surface area contributed by atoms with Gasteiger partial charge in [0.05, 0.1) is 46.8 Å². The molecule has 1 aromatic heterocycles. The molecule has 2 saturated heterocycles. The molecule has 0 bridgehead atoms. The van der Waals surface area contributed by atoms with Gasteiger partial charge >= 0.3 is 0 Å². The summed E-state index contributed by atoms with van der Waals surface area (Å²) in [5.74, 6) is 0.149. The molecule has 1 amide bonds. The molecule has 2 fully saturated rings. The molecule has 8 nitrogen and oxygen atoms in total. The average molecular weight is 541 g/mol. The summed E-state index contributed by atoms with van der Waals surface area (Å²) in [5, 5.41) is 10.4. The Hall–Kier alpha value is -0.940. The molecule has 0 spiro atoms. The third kappa shape index (κ3) is 6.81. The summed E-state index contributed by atoms with van der Waals surface area (Å²) in [6.07, 6.45) is 0.738. The SMILES string of the molecule is CCC(Sc1nc2cc(Cl)c(N3CCN(CCO)CC3)cc2[nH]1)C(=O)N1CCOCC1.Cl.Cl. The summed E-state index contributed by atoms with van der Waals surface area (Å²) in [7, 11) is 0. The number of piperazine rings is 1. The van der Waals surface area contributed by atoms with Gasteiger partial charge in [0.25, 0.3) is 0 Å². The van der Waals surface area contributed by atoms with Crippen molar-refractivity contribution in [3.05, 3.63) is 17.2 Å². The maximum atomic E-state index is 12.9. The fraction of sp³-hybridized carbons (Fsp3) is 0.619. The van der Waals surface area contributed by atoms with Gasteiger partial charge in [-0.2, -0.15) is 0 Å². The van der Waals surface area contributed by atoms with Gasteiger partial charge < -0.3 is 24.6 Å². The van der Waals surface area contributed by atoms with Crippen LogP contribution in [0.5, 0.6) is 0 Å². The van der Waals surface area contributed by atoms with Crippen LogP contribution in [0.25, 0.3) is 11.0 Å². The minimum Gasteiger partial charge on any atom is -0.395 e. The van der Waals surface area contributed by atoms with E-state index < -0.39 is 0 Å². The van der Waals surface area contributed by atoms with Crippen molar-refractivity contribution in [2.45, 2.75) is 23.8 Å². The summed E-state index contributed by atoms with van der Waals surface area (Å²) in [4.78, 5) is 27.4. The number of imidazole rings is 1. The number of carbonyl (C=O) groups excluding carboxylic acids is 1. The Labute approximate surface area is 216 Å². The molecule has 0 saturated carbocycles. The molecule has 0 aliphatic carbocycles. The Morgan fingerprint density at radius 1 is 1.21 bits per heavy atom. The Balaban J connectivity index is 0.00000193. The molecule has 12 heteroatoms. The highest BCUT2D eigenvalue weighted by molar-refractivity contribution is 8.00. The Morgan fingerprint density at radius 3 is 2.55 bits per heavy atom. The number of aliphatic hydroxyl groups is 1. The van der Waals surface area contributed by atoms with E-state index >= 15 is 0 Å². The van der Waals surface area contributed by atoms with Gasteiger partial charge in [-0.25, -0.2) is 4.98 Å². The number of carbonyl (C=O) groups is 1. The fourth-order valence-corrected chi connectivity index (χ4v) is 5.36. The summed E-state index contributed by atoms with van der Waals surface area (Å²) in [6, 6.07) is 3.96. The number of rotatable bonds is 7. The van der Waals surface area contributed by atoms with Crippen molar-refractivity contribution in [3.63, 3.8) is 0 Å². The monoisotopic (exact) mass is 539 g/mol. The summed E-state index contributed by atoms with van der Waals surface area (Å²) >= 11 is 8.08. The first-order valence-electron chi connectivity index (χ1n) is 10.9. The van der Waals surface area contributed by atoms with E-state index in [0.29, 0.717) is 37.9 Å². The van der Waals surface area contributed by atoms with Crippen molar-refractivity contribution in [2.75, 3.05) is 70.5 Å². The summed E-state index contributed by atoms with van der Waals surface area (Å²) in [5.41, 5.74) is 2.73. The van der Waals surface area contributed by atoms with Crippen molar-refractivity contribution in [2.24, 2.45) is 0 Å². The first-order chi connectivity index (χ1) is 15.1. The van der Waals surface area contributed by atoms with Crippen LogP contribution in [0.4, 0.5) is 5.69 Å². The molecule has 3 heterocycles. The normalized spacial score (nSPS) is 18.0. The van der Waals surface area contributed by atoms with Gasteiger partial charge in [0, 0.05) is 45.8 Å². The maximum Gasteiger partial charge on any atom is 0.236 e. The number of hydrogen-bond acceptors (Lipinski definition) is 7. The number of morpholine rings is 1. The second-order valence-electron chi connectivity index (χ2n) is 7.87. The number of hydrogen-bond donors (Lipinski definition) is 2. The zero-order valence-electron chi connectivity index (χ0n) is 18.7. The second-order valence-corrected chi connectivity index (χ2v) is 9.47. The maximum absolute atomic E-state index is 12.9. The highest BCUT2D eigenvalue weighted by Crippen LogP contribution is 2.33. The van der Waals surface area contributed by atoms with Crippen LogP contribution in [-0.2, 0) is 9.53 Å². The number of anilines is 1. The highest BCUT2D eigenvalue weighted by Gasteiger charge is 2.27. The van der Waals surface area contributed by atoms with Crippen LogP contribution in [0, 0.1) is 0 Å². The quantitative estimate of drug-likeness (QED) is 0.522. The average Bonchev–Trinajstić information content (AvgIpc) is 3.19. The number of H-pyrrole nitrogens is 1. The van der Waals surface area contributed by atoms with Crippen LogP contribution in [-0.4, -0.2) is 102 Å². The number of amides is 1. The topological polar surface area (TPSA) is 84.9 Å². The van der Waals surface area contributed by atoms with Gasteiger partial charge in [-0.15, -0.1) is 24.8 Å². The summed E-state index contributed by atoms with van der Waals surface area (Å²) in [6.45, 7) is 8.99. The van der Waals surface area contributed by atoms with Gasteiger partial charge in [0.15, 0.2) is 5.16 Å². The Morgan fingerprint density at radius 2 is 1.91 bits per heavy atom. The predicted molar refractivity (Wildman–Crippen MR) is 139 cm³/mol. The molecular formula is C21H32Cl3N5O3S. The van der Waals surface area contributed by atoms with Gasteiger partial charge in [-0.05, 0) is 18.6 Å². The van der Waals surface area contributed by atoms with E-state index in [0.717, 1.165) is 54.5 Å². The van der Waals surface area contributed by atoms with E-state index in [1.807, 2.05) is 17.9 Å². The van der Waals surface area contributed by atoms with Crippen LogP contribution in [0.2, 0.25) is 5.02 Å². The number of ether oxygens (including phenoxy) is 1. The predicted octanol–water partition coefficient (Wildman–Crippen LogP) is 2.90. The van der Waals surface area contributed by atoms with Gasteiger partial charge in [-0.3, -0.25) is 9.69 Å². The number of aromatic amines is 1. The molecule has 4 rings (SSSR count). The van der Waals surface area contributed by atoms with Crippen molar-refractivity contribution < 1.29 is 14.6 Å². The fourth-order valence-electron chi connectivity index (χ4n) is 4.08. The number of fused-ring (bicyclic) bond motifs is 1. The second kappa shape index (κ2) is 13.2. The van der Waals surface area contributed by atoms with Crippen LogP contribution in [0.15, 0.2) is 17.3 Å². The molecule has 33 heavy (non-hydrogen) atoms. The zero-order valence-corrected chi connectivity index (χ0v) is 21.9. The minimum absolute atomic E-state index is 0. The van der Waals surface area contributed by atoms with E-state index in [1.54, 1.807) is 0 Å². The largest absolute Gasteiger partial charge is 0.395 e. The van der Waals surface area contributed by atoms with Crippen LogP contribution in [0.1, 0.15) is 13.3 Å². The number of halogens is 3. The molecule has 2 aliphatic rings. The number of thioether (sulfide) groups is 1. The lowest BCUT2D eigenvalue weighted by Gasteiger charge is -2.36. The third-order valence-corrected chi connectivity index (χ3v) is 7.42. The van der Waals surface area contributed by atoms with E-state index in [-0.39, 0.29) is 42.6 Å². The lowest BCUT2D eigenvalue weighted by atomic mass is 10.2. The van der Waals surface area contributed by atoms with Crippen LogP contribution >= 0.6 is 48.2 Å². The Kier molecular flexibility index (Phi) is 11.3. The number of aromatic nitrogens is 2. The van der Waals surface area contributed by atoms with E-state index in [9.17, 15) is 4.79 Å². The molecule has 0 radical (unpaired) electrons. The number of benzene rings is 1. The molecule has 1 aromatic carbocycles. The molecular weight excluding hydrogens is 509 g/mol. The van der Waals surface area contributed by atoms with E-state index in [1.165, 1.54) is 11.8 Å². The molecule has 186 valence electrons. The molecule has 2 aliphatic heterocycles. The van der Waals surface area contributed by atoms with E-state index in [4.69, 9.17) is 21.4 Å². The highest BCUT2D eigenvalue weighted by atomic mass is 35.5. The van der Waals surface area contributed by atoms with Gasteiger partial charge in [-0.1, -0.05) is 30.3 Å². The van der Waals surface area contributed by atoms with Crippen molar-refractivity contribution in [1.82, 2.24) is 19.8 Å². The third-order valence-electron chi connectivity index (χ3n) is 5.88. The molecule has 1 unspecified atom stereocenters. The number of aliphatic hydroxyl groups excluding tert-OH is 1. The van der Waals surface area contributed by atoms with Gasteiger partial charge in [0.1, 0.15) is 0 Å². The van der Waals surface area contributed by atoms with Crippen molar-refractivity contribution in [1.29, 1.82) is 0 Å². The number of β-amino-alcohol motifs (C(OH)–C–C–N with tert-alkyl or cyclic N) is 1. The first-order valence-corrected chi connectivity index (χ1v) is 12.2. The lowest BCUT2D eigenvalue weighted by Crippen LogP contribution is -2.47. The molecule has 1 atom stereocenters. The van der Waals surface area contributed by atoms with Crippen LogP contribution in [0.3, 0.4) is 0 Å². The number of nitrogens with one attached hydrogen (secondary N) is 1. The molecule has 2 aromatic rings. The van der Waals surface area contributed by atoms with Crippen molar-refractivity contribution in [3.8, 4) is 0 Å². The standard InChI is InChI=1S/C21H30ClN5O3S.2ClH/c1-2-19(20(29)27-8-11-30-12-9-27)31-21-23-16-13-15(22)18(14-17(16)24-21)26-5-3-25(4-6-26)7-10-28;;/h13-14,19,28H,2-12H2,1H3,(H,23,24);2*1H. The van der Waals surface area contributed by atoms with Crippen LogP contribution < -0.4 is 4.90 Å². The number of nitrogens with zero attached hydrogens (tertiary/aromatic N) is 4. The summed E-state index contributed by atoms with van der Waals surface area (Å²) < 4.78 is 5.36.